The molecule has 5 rings (SSSR count). The van der Waals surface area contributed by atoms with E-state index in [0.29, 0.717) is 0 Å². The van der Waals surface area contributed by atoms with Crippen LogP contribution in [0.1, 0.15) is 70.6 Å². The third kappa shape index (κ3) is 2.72. The molecule has 0 saturated heterocycles. The number of aryl methyl sites for hydroxylation is 1. The van der Waals surface area contributed by atoms with Crippen LogP contribution in [0.2, 0.25) is 0 Å². The van der Waals surface area contributed by atoms with Crippen molar-refractivity contribution in [1.82, 2.24) is 0 Å². The number of carbonyl (C=O) groups is 4. The van der Waals surface area contributed by atoms with Gasteiger partial charge in [0.15, 0.2) is 0 Å². The lowest BCUT2D eigenvalue weighted by atomic mass is 9.70. The molecule has 2 heterocycles. The van der Waals surface area contributed by atoms with Crippen molar-refractivity contribution in [2.24, 2.45) is 0 Å². The first-order valence-corrected chi connectivity index (χ1v) is 9.68. The van der Waals surface area contributed by atoms with Crippen molar-refractivity contribution in [3.63, 3.8) is 0 Å². The summed E-state index contributed by atoms with van der Waals surface area (Å²) >= 11 is 0. The molecule has 0 saturated carbocycles. The highest BCUT2D eigenvalue weighted by Gasteiger charge is 2.38. The molecule has 0 N–H and O–H groups in total. The lowest BCUT2D eigenvalue weighted by molar-refractivity contribution is 0.0425. The quantitative estimate of drug-likeness (QED) is 0.368. The van der Waals surface area contributed by atoms with E-state index in [-0.39, 0.29) is 22.3 Å². The number of esters is 4. The molecule has 2 aliphatic rings. The third-order valence-electron chi connectivity index (χ3n) is 6.04. The molecular weight excluding hydrogens is 396 g/mol. The molecule has 0 aromatic heterocycles. The summed E-state index contributed by atoms with van der Waals surface area (Å²) in [7, 11) is 0. The van der Waals surface area contributed by atoms with Crippen LogP contribution in [0.4, 0.5) is 0 Å². The summed E-state index contributed by atoms with van der Waals surface area (Å²) in [5.41, 5.74) is 3.50. The molecule has 3 aromatic rings. The molecule has 0 atom stereocenters. The predicted octanol–water partition coefficient (Wildman–Crippen LogP) is 3.97. The first-order chi connectivity index (χ1) is 14.8. The van der Waals surface area contributed by atoms with Crippen LogP contribution in [-0.4, -0.2) is 23.9 Å². The zero-order valence-electron chi connectivity index (χ0n) is 16.7. The van der Waals surface area contributed by atoms with Crippen molar-refractivity contribution in [2.75, 3.05) is 0 Å². The molecular formula is C25H16O6. The van der Waals surface area contributed by atoms with Gasteiger partial charge in [-0.1, -0.05) is 42.0 Å². The van der Waals surface area contributed by atoms with Gasteiger partial charge in [-0.15, -0.1) is 0 Å². The lowest BCUT2D eigenvalue weighted by Gasteiger charge is -2.32. The fraction of sp³-hybridized carbons (Fsp3) is 0.120. The van der Waals surface area contributed by atoms with E-state index in [1.165, 1.54) is 0 Å². The van der Waals surface area contributed by atoms with Gasteiger partial charge in [0.25, 0.3) is 0 Å². The normalized spacial score (nSPS) is 14.9. The van der Waals surface area contributed by atoms with Crippen molar-refractivity contribution in [2.45, 2.75) is 19.3 Å². The maximum atomic E-state index is 12.2. The highest BCUT2D eigenvalue weighted by molar-refractivity contribution is 6.15. The summed E-state index contributed by atoms with van der Waals surface area (Å²) in [6.07, 6.45) is 0. The van der Waals surface area contributed by atoms with Crippen molar-refractivity contribution in [3.05, 3.63) is 105 Å². The predicted molar refractivity (Wildman–Crippen MR) is 109 cm³/mol. The second-order valence-electron chi connectivity index (χ2n) is 7.87. The van der Waals surface area contributed by atoms with Gasteiger partial charge >= 0.3 is 23.9 Å². The SMILES string of the molecule is Cc1cccc(C(C)(c2ccc3c(c2)C(=O)OC3=O)c2ccc3c(c2)C(=O)OC3=O)c1. The number of carbonyl (C=O) groups excluding carboxylic acids is 4. The van der Waals surface area contributed by atoms with E-state index in [2.05, 4.69) is 0 Å². The molecule has 0 spiro atoms. The summed E-state index contributed by atoms with van der Waals surface area (Å²) in [6, 6.07) is 17.9. The minimum Gasteiger partial charge on any atom is -0.386 e. The Morgan fingerprint density at radius 3 is 1.52 bits per heavy atom. The van der Waals surface area contributed by atoms with Gasteiger partial charge in [0, 0.05) is 5.41 Å². The Bertz CT molecular complexity index is 1260. The van der Waals surface area contributed by atoms with E-state index in [1.54, 1.807) is 36.4 Å². The number of hydrogen-bond acceptors (Lipinski definition) is 6. The standard InChI is InChI=1S/C25H16O6/c1-13-4-3-5-14(10-13)25(2,15-6-8-17-19(11-15)23(28)30-21(17)26)16-7-9-18-20(12-16)24(29)31-22(18)27/h3-12H,1-2H3. The highest BCUT2D eigenvalue weighted by atomic mass is 16.6. The number of hydrogen-bond donors (Lipinski definition) is 0. The van der Waals surface area contributed by atoms with Crippen molar-refractivity contribution >= 4 is 23.9 Å². The Balaban J connectivity index is 1.77. The molecule has 2 aliphatic heterocycles. The molecule has 6 nitrogen and oxygen atoms in total. The maximum absolute atomic E-state index is 12.2. The molecule has 0 radical (unpaired) electrons. The molecule has 31 heavy (non-hydrogen) atoms. The van der Waals surface area contributed by atoms with Gasteiger partial charge in [0.2, 0.25) is 0 Å². The fourth-order valence-electron chi connectivity index (χ4n) is 4.25. The highest BCUT2D eigenvalue weighted by Crippen LogP contribution is 2.41. The lowest BCUT2D eigenvalue weighted by Crippen LogP contribution is -2.26. The van der Waals surface area contributed by atoms with E-state index in [9.17, 15) is 19.2 Å². The monoisotopic (exact) mass is 412 g/mol. The maximum Gasteiger partial charge on any atom is 0.346 e. The Hall–Kier alpha value is -4.06. The van der Waals surface area contributed by atoms with Crippen LogP contribution >= 0.6 is 0 Å². The number of rotatable bonds is 3. The van der Waals surface area contributed by atoms with E-state index in [0.717, 1.165) is 22.3 Å². The summed E-state index contributed by atoms with van der Waals surface area (Å²) in [5.74, 6) is -2.70. The number of ether oxygens (including phenoxy) is 2. The van der Waals surface area contributed by atoms with Crippen molar-refractivity contribution in [3.8, 4) is 0 Å². The minimum atomic E-state index is -0.798. The fourth-order valence-corrected chi connectivity index (χ4v) is 4.25. The van der Waals surface area contributed by atoms with Gasteiger partial charge in [-0.2, -0.15) is 0 Å². The van der Waals surface area contributed by atoms with E-state index in [4.69, 9.17) is 9.47 Å². The first-order valence-electron chi connectivity index (χ1n) is 9.68. The van der Waals surface area contributed by atoms with E-state index in [1.807, 2.05) is 38.1 Å². The average molecular weight is 412 g/mol. The number of benzene rings is 3. The Morgan fingerprint density at radius 2 is 1.03 bits per heavy atom. The van der Waals surface area contributed by atoms with Gasteiger partial charge in [-0.05, 0) is 54.8 Å². The molecule has 6 heteroatoms. The van der Waals surface area contributed by atoms with Crippen LogP contribution in [0.15, 0.2) is 60.7 Å². The zero-order valence-corrected chi connectivity index (χ0v) is 16.7. The molecule has 152 valence electrons. The zero-order chi connectivity index (χ0) is 21.9. The molecule has 0 bridgehead atoms. The van der Waals surface area contributed by atoms with Gasteiger partial charge < -0.3 is 9.47 Å². The van der Waals surface area contributed by atoms with Gasteiger partial charge in [0.05, 0.1) is 22.3 Å². The van der Waals surface area contributed by atoms with Crippen LogP contribution in [0, 0.1) is 6.92 Å². The van der Waals surface area contributed by atoms with Crippen LogP contribution < -0.4 is 0 Å². The Kier molecular flexibility index (Phi) is 3.95. The van der Waals surface area contributed by atoms with Gasteiger partial charge in [0.1, 0.15) is 0 Å². The summed E-state index contributed by atoms with van der Waals surface area (Å²) in [4.78, 5) is 48.1. The van der Waals surface area contributed by atoms with Crippen molar-refractivity contribution in [1.29, 1.82) is 0 Å². The second-order valence-corrected chi connectivity index (χ2v) is 7.87. The number of cyclic esters (lactones) is 4. The van der Waals surface area contributed by atoms with E-state index >= 15 is 0 Å². The summed E-state index contributed by atoms with van der Waals surface area (Å²) in [6.45, 7) is 3.94. The van der Waals surface area contributed by atoms with E-state index < -0.39 is 29.3 Å². The molecule has 0 aliphatic carbocycles. The first kappa shape index (κ1) is 18.9. The Morgan fingerprint density at radius 1 is 0.581 bits per heavy atom. The minimum absolute atomic E-state index is 0.206. The summed E-state index contributed by atoms with van der Waals surface area (Å²) in [5, 5.41) is 0. The van der Waals surface area contributed by atoms with Crippen LogP contribution in [0.25, 0.3) is 0 Å². The molecule has 0 unspecified atom stereocenters. The molecule has 0 fully saturated rings. The van der Waals surface area contributed by atoms with Crippen LogP contribution in [0.3, 0.4) is 0 Å². The molecule has 3 aromatic carbocycles. The van der Waals surface area contributed by atoms with Gasteiger partial charge in [-0.3, -0.25) is 0 Å². The smallest absolute Gasteiger partial charge is 0.346 e. The van der Waals surface area contributed by atoms with Crippen LogP contribution in [-0.2, 0) is 14.9 Å². The largest absolute Gasteiger partial charge is 0.386 e. The second kappa shape index (κ2) is 6.47. The Labute approximate surface area is 177 Å². The van der Waals surface area contributed by atoms with Gasteiger partial charge in [-0.25, -0.2) is 19.2 Å². The third-order valence-corrected chi connectivity index (χ3v) is 6.04. The number of fused-ring (bicyclic) bond motifs is 2. The van der Waals surface area contributed by atoms with Crippen LogP contribution in [0.5, 0.6) is 0 Å². The topological polar surface area (TPSA) is 86.7 Å². The average Bonchev–Trinajstić information content (AvgIpc) is 3.21. The van der Waals surface area contributed by atoms with Crippen molar-refractivity contribution < 1.29 is 28.7 Å². The molecule has 0 amide bonds. The summed E-state index contributed by atoms with van der Waals surface area (Å²) < 4.78 is 9.48.